The number of benzene rings is 1. The van der Waals surface area contributed by atoms with Crippen LogP contribution in [0.2, 0.25) is 0 Å². The molecule has 0 aromatic heterocycles. The van der Waals surface area contributed by atoms with Gasteiger partial charge in [-0.15, -0.1) is 24.9 Å². The number of amides is 3. The molecular weight excluding hydrogens is 594 g/mol. The van der Waals surface area contributed by atoms with Gasteiger partial charge in [-0.05, 0) is 36.6 Å². The van der Waals surface area contributed by atoms with Crippen LogP contribution in [-0.4, -0.2) is 93.4 Å². The number of rotatable bonds is 12. The average Bonchev–Trinajstić information content (AvgIpc) is 3.55. The van der Waals surface area contributed by atoms with Gasteiger partial charge in [-0.1, -0.05) is 48.4 Å². The summed E-state index contributed by atoms with van der Waals surface area (Å²) in [6.45, 7) is 12.0. The third-order valence-corrected chi connectivity index (χ3v) is 12.1. The normalized spacial score (nSPS) is 30.0. The molecule has 3 aliphatic rings. The average molecular weight is 635 g/mol. The zero-order valence-corrected chi connectivity index (χ0v) is 26.1. The number of fused-ring (bicyclic) bond motifs is 1. The summed E-state index contributed by atoms with van der Waals surface area (Å²) in [6, 6.07) is 5.82. The monoisotopic (exact) mass is 633 g/mol. The lowest BCUT2D eigenvalue weighted by atomic mass is 9.70. The summed E-state index contributed by atoms with van der Waals surface area (Å²) in [5.41, 5.74) is 0.660. The van der Waals surface area contributed by atoms with Crippen LogP contribution in [0.4, 0.5) is 5.69 Å². The summed E-state index contributed by atoms with van der Waals surface area (Å²) in [6.07, 6.45) is 4.63. The van der Waals surface area contributed by atoms with Crippen LogP contribution in [0.15, 0.2) is 49.6 Å². The summed E-state index contributed by atoms with van der Waals surface area (Å²) in [4.78, 5) is 47.9. The number of likely N-dealkylation sites (tertiary alicyclic amines) is 1. The Hall–Kier alpha value is -2.30. The number of thioether (sulfide) groups is 1. The molecular formula is C30H40BrN3O5S. The number of aliphatic hydroxyl groups is 1. The Kier molecular flexibility index (Phi) is 9.42. The Balaban J connectivity index is 1.85. The Morgan fingerprint density at radius 2 is 1.90 bits per heavy atom. The third-order valence-electron chi connectivity index (χ3n) is 8.83. The summed E-state index contributed by atoms with van der Waals surface area (Å²) in [7, 11) is 3.31. The zero-order valence-electron chi connectivity index (χ0n) is 23.7. The van der Waals surface area contributed by atoms with Crippen LogP contribution in [-0.2, 0) is 14.4 Å². The highest BCUT2D eigenvalue weighted by atomic mass is 79.9. The molecule has 10 heteroatoms. The molecule has 40 heavy (non-hydrogen) atoms. The standard InChI is InChI=1S/C30H40BrN3O5S/c1-7-14-32(5)27(36)23-24-28(37)34(22(17-35)18(4)9-3)26(30(24)16-21(31)25(23)40-30)29(38)33(15-8-2)19-10-12-20(39-6)13-11-19/h7-8,10-13,18,21-26,35H,1-2,9,14-17H2,3-6H3/t18-,21?,22-,23-,24-,25-,26?,30?/m0/s1. The molecule has 3 heterocycles. The zero-order chi connectivity index (χ0) is 29.4. The first-order chi connectivity index (χ1) is 19.1. The van der Waals surface area contributed by atoms with Gasteiger partial charge >= 0.3 is 0 Å². The summed E-state index contributed by atoms with van der Waals surface area (Å²) < 4.78 is 4.50. The molecule has 4 rings (SSSR count). The van der Waals surface area contributed by atoms with Crippen molar-refractivity contribution >= 4 is 51.1 Å². The van der Waals surface area contributed by atoms with Crippen molar-refractivity contribution < 1.29 is 24.2 Å². The first-order valence-corrected chi connectivity index (χ1v) is 15.6. The highest BCUT2D eigenvalue weighted by Gasteiger charge is 2.76. The van der Waals surface area contributed by atoms with Crippen molar-refractivity contribution in [2.45, 2.75) is 53.6 Å². The van der Waals surface area contributed by atoms with Crippen molar-refractivity contribution in [2.24, 2.45) is 17.8 Å². The largest absolute Gasteiger partial charge is 0.497 e. The van der Waals surface area contributed by atoms with E-state index in [1.807, 2.05) is 26.0 Å². The van der Waals surface area contributed by atoms with Crippen molar-refractivity contribution in [2.75, 3.05) is 38.8 Å². The topological polar surface area (TPSA) is 90.4 Å². The lowest BCUT2D eigenvalue weighted by molar-refractivity contribution is -0.145. The number of carbonyl (C=O) groups is 3. The second-order valence-corrected chi connectivity index (χ2v) is 13.7. The maximum atomic E-state index is 14.8. The number of hydrogen-bond donors (Lipinski definition) is 1. The fourth-order valence-electron chi connectivity index (χ4n) is 6.70. The van der Waals surface area contributed by atoms with Gasteiger partial charge in [0, 0.05) is 35.9 Å². The molecule has 1 N–H and O–H groups in total. The molecule has 3 aliphatic heterocycles. The van der Waals surface area contributed by atoms with E-state index in [1.165, 1.54) is 0 Å². The SMILES string of the molecule is C=CCN(C)C(=O)[C@H]1[C@H]2C(=O)N([C@@H](CO)[C@@H](C)CC)C(C(=O)N(CC=C)c3ccc(OC)cc3)C23CC(Br)[C@@H]1S3. The summed E-state index contributed by atoms with van der Waals surface area (Å²) >= 11 is 5.42. The van der Waals surface area contributed by atoms with E-state index in [9.17, 15) is 19.5 Å². The number of alkyl halides is 1. The quantitative estimate of drug-likeness (QED) is 0.279. The van der Waals surface area contributed by atoms with Crippen LogP contribution in [0.3, 0.4) is 0 Å². The summed E-state index contributed by atoms with van der Waals surface area (Å²) in [5, 5.41) is 10.4. The fourth-order valence-corrected chi connectivity index (χ4v) is 10.3. The van der Waals surface area contributed by atoms with E-state index in [0.29, 0.717) is 24.4 Å². The Morgan fingerprint density at radius 1 is 1.25 bits per heavy atom. The fraction of sp³-hybridized carbons (Fsp3) is 0.567. The minimum Gasteiger partial charge on any atom is -0.497 e. The molecule has 8 atom stereocenters. The van der Waals surface area contributed by atoms with Gasteiger partial charge in [0.2, 0.25) is 11.8 Å². The smallest absolute Gasteiger partial charge is 0.251 e. The van der Waals surface area contributed by atoms with Gasteiger partial charge in [-0.3, -0.25) is 14.4 Å². The first kappa shape index (κ1) is 30.7. The van der Waals surface area contributed by atoms with E-state index in [2.05, 4.69) is 29.1 Å². The number of carbonyl (C=O) groups excluding carboxylic acids is 3. The Morgan fingerprint density at radius 3 is 2.45 bits per heavy atom. The second kappa shape index (κ2) is 12.3. The molecule has 0 aliphatic carbocycles. The third kappa shape index (κ3) is 4.90. The molecule has 218 valence electrons. The highest BCUT2D eigenvalue weighted by molar-refractivity contribution is 9.09. The Bertz CT molecular complexity index is 1150. The van der Waals surface area contributed by atoms with E-state index < -0.39 is 28.7 Å². The van der Waals surface area contributed by atoms with Crippen LogP contribution in [0, 0.1) is 17.8 Å². The van der Waals surface area contributed by atoms with Gasteiger partial charge in [-0.2, -0.15) is 0 Å². The molecule has 1 aromatic carbocycles. The van der Waals surface area contributed by atoms with Crippen molar-refractivity contribution in [3.8, 4) is 5.75 Å². The molecule has 1 aromatic rings. The minimum absolute atomic E-state index is 0.0344. The van der Waals surface area contributed by atoms with Crippen molar-refractivity contribution in [3.05, 3.63) is 49.6 Å². The van der Waals surface area contributed by atoms with Gasteiger partial charge in [0.05, 0.1) is 36.3 Å². The molecule has 3 unspecified atom stereocenters. The van der Waals surface area contributed by atoms with Crippen molar-refractivity contribution in [1.82, 2.24) is 9.80 Å². The number of likely N-dealkylation sites (N-methyl/N-ethyl adjacent to an activating group) is 1. The predicted molar refractivity (Wildman–Crippen MR) is 163 cm³/mol. The van der Waals surface area contributed by atoms with Crippen molar-refractivity contribution in [3.63, 3.8) is 0 Å². The molecule has 2 bridgehead atoms. The van der Waals surface area contributed by atoms with Crippen LogP contribution >= 0.6 is 27.7 Å². The van der Waals surface area contributed by atoms with Crippen LogP contribution in [0.1, 0.15) is 26.7 Å². The van der Waals surface area contributed by atoms with Gasteiger partial charge in [0.25, 0.3) is 5.91 Å². The molecule has 0 radical (unpaired) electrons. The van der Waals surface area contributed by atoms with E-state index in [4.69, 9.17) is 4.74 Å². The number of anilines is 1. The van der Waals surface area contributed by atoms with E-state index >= 15 is 0 Å². The number of methoxy groups -OCH3 is 1. The first-order valence-electron chi connectivity index (χ1n) is 13.8. The number of hydrogen-bond acceptors (Lipinski definition) is 6. The predicted octanol–water partition coefficient (Wildman–Crippen LogP) is 3.73. The van der Waals surface area contributed by atoms with Gasteiger partial charge in [0.1, 0.15) is 11.8 Å². The van der Waals surface area contributed by atoms with Gasteiger partial charge in [0.15, 0.2) is 0 Å². The van der Waals surface area contributed by atoms with E-state index in [0.717, 1.165) is 6.42 Å². The molecule has 8 nitrogen and oxygen atoms in total. The highest BCUT2D eigenvalue weighted by Crippen LogP contribution is 2.68. The molecule has 0 saturated carbocycles. The number of aliphatic hydroxyl groups excluding tert-OH is 1. The van der Waals surface area contributed by atoms with Crippen molar-refractivity contribution in [1.29, 1.82) is 0 Å². The maximum Gasteiger partial charge on any atom is 0.251 e. The molecule has 3 fully saturated rings. The lowest BCUT2D eigenvalue weighted by Crippen LogP contribution is -2.59. The maximum absolute atomic E-state index is 14.8. The van der Waals surface area contributed by atoms with Gasteiger partial charge in [-0.25, -0.2) is 0 Å². The van der Waals surface area contributed by atoms with Crippen LogP contribution in [0.5, 0.6) is 5.75 Å². The van der Waals surface area contributed by atoms with E-state index in [1.54, 1.807) is 64.9 Å². The summed E-state index contributed by atoms with van der Waals surface area (Å²) in [5.74, 6) is -1.19. The lowest BCUT2D eigenvalue weighted by Gasteiger charge is -2.41. The van der Waals surface area contributed by atoms with Crippen LogP contribution < -0.4 is 9.64 Å². The van der Waals surface area contributed by atoms with Gasteiger partial charge < -0.3 is 24.5 Å². The number of ether oxygens (including phenoxy) is 1. The number of nitrogens with zero attached hydrogens (tertiary/aromatic N) is 3. The number of halogens is 1. The van der Waals surface area contributed by atoms with E-state index in [-0.39, 0.29) is 46.9 Å². The minimum atomic E-state index is -0.851. The second-order valence-electron chi connectivity index (χ2n) is 11.0. The van der Waals surface area contributed by atoms with Crippen LogP contribution in [0.25, 0.3) is 0 Å². The molecule has 3 amide bonds. The molecule has 1 spiro atoms. The Labute approximate surface area is 249 Å². The molecule has 3 saturated heterocycles.